The molecule has 1 aliphatic heterocycles. The van der Waals surface area contributed by atoms with E-state index in [4.69, 9.17) is 3.07 Å². The highest BCUT2D eigenvalue weighted by molar-refractivity contribution is 14.1. The van der Waals surface area contributed by atoms with E-state index in [0.29, 0.717) is 6.23 Å². The maximum Gasteiger partial charge on any atom is 0.203 e. The second-order valence-corrected chi connectivity index (χ2v) is 4.45. The molecule has 0 radical (unpaired) electrons. The van der Waals surface area contributed by atoms with E-state index in [1.807, 2.05) is 23.0 Å². The fourth-order valence-corrected chi connectivity index (χ4v) is 3.03. The highest BCUT2D eigenvalue weighted by atomic mass is 127. The first kappa shape index (κ1) is 10.7. The molecule has 1 heterocycles. The first-order chi connectivity index (χ1) is 5.73. The van der Waals surface area contributed by atoms with E-state index in [1.165, 1.54) is 32.4 Å². The first-order valence-corrected chi connectivity index (χ1v) is 5.72. The number of hydrogen-bond donors (Lipinski definition) is 0. The zero-order chi connectivity index (χ0) is 9.03. The third kappa shape index (κ3) is 2.33. The molecule has 0 aliphatic carbocycles. The molecule has 72 valence electrons. The topological polar surface area (TPSA) is 9.23 Å². The summed E-state index contributed by atoms with van der Waals surface area (Å²) in [5.74, 6) is 0. The van der Waals surface area contributed by atoms with E-state index < -0.39 is 0 Å². The van der Waals surface area contributed by atoms with Crippen molar-refractivity contribution >= 4 is 23.0 Å². The third-order valence-electron chi connectivity index (χ3n) is 2.99. The van der Waals surface area contributed by atoms with E-state index in [1.54, 1.807) is 0 Å². The normalized spacial score (nSPS) is 25.2. The van der Waals surface area contributed by atoms with Crippen LogP contribution in [0.1, 0.15) is 32.6 Å². The predicted molar refractivity (Wildman–Crippen MR) is 59.0 cm³/mol. The van der Waals surface area contributed by atoms with Crippen molar-refractivity contribution in [1.82, 2.24) is 0 Å². The van der Waals surface area contributed by atoms with Gasteiger partial charge in [0.2, 0.25) is 6.23 Å². The zero-order valence-electron chi connectivity index (χ0n) is 8.05. The maximum atomic E-state index is 5.48. The van der Waals surface area contributed by atoms with Crippen LogP contribution in [0.15, 0.2) is 0 Å². The molecular weight excluding hydrogens is 265 g/mol. The Labute approximate surface area is 89.5 Å². The van der Waals surface area contributed by atoms with Crippen molar-refractivity contribution in [3.63, 3.8) is 0 Å². The monoisotopic (exact) mass is 284 g/mol. The molecule has 0 aromatic carbocycles. The highest BCUT2D eigenvalue weighted by Gasteiger charge is 2.33. The fraction of sp³-hybridized carbons (Fsp3) is 1.00. The summed E-state index contributed by atoms with van der Waals surface area (Å²) in [4.78, 5) is 0. The van der Waals surface area contributed by atoms with Gasteiger partial charge in [0.05, 0.1) is 20.1 Å². The molecule has 1 rings (SSSR count). The minimum absolute atomic E-state index is 0.408. The number of piperidine rings is 1. The summed E-state index contributed by atoms with van der Waals surface area (Å²) in [6, 6.07) is 0. The van der Waals surface area contributed by atoms with Crippen LogP contribution in [0.4, 0.5) is 0 Å². The van der Waals surface area contributed by atoms with E-state index in [0.717, 1.165) is 10.9 Å². The molecule has 12 heavy (non-hydrogen) atoms. The lowest BCUT2D eigenvalue weighted by Crippen LogP contribution is -2.55. The maximum absolute atomic E-state index is 5.48. The highest BCUT2D eigenvalue weighted by Crippen LogP contribution is 2.24. The van der Waals surface area contributed by atoms with Crippen molar-refractivity contribution in [1.29, 1.82) is 0 Å². The summed E-state index contributed by atoms with van der Waals surface area (Å²) >= 11 is 2.05. The van der Waals surface area contributed by atoms with Crippen molar-refractivity contribution in [3.8, 4) is 0 Å². The Morgan fingerprint density at radius 2 is 1.92 bits per heavy atom. The van der Waals surface area contributed by atoms with Gasteiger partial charge in [0, 0.05) is 6.42 Å². The van der Waals surface area contributed by atoms with Gasteiger partial charge in [-0.25, -0.2) is 0 Å². The Balaban J connectivity index is 2.53. The summed E-state index contributed by atoms with van der Waals surface area (Å²) in [5.41, 5.74) is 0. The van der Waals surface area contributed by atoms with Crippen LogP contribution in [0.25, 0.3) is 0 Å². The van der Waals surface area contributed by atoms with Gasteiger partial charge in [-0.15, -0.1) is 0 Å². The van der Waals surface area contributed by atoms with Crippen LogP contribution >= 0.6 is 23.0 Å². The molecule has 0 saturated carbocycles. The summed E-state index contributed by atoms with van der Waals surface area (Å²) in [6.45, 7) is 4.80. The Morgan fingerprint density at radius 1 is 1.33 bits per heavy atom. The zero-order valence-corrected chi connectivity index (χ0v) is 10.2. The summed E-state index contributed by atoms with van der Waals surface area (Å²) in [5, 5.41) is 0. The van der Waals surface area contributed by atoms with Crippen LogP contribution in [0, 0.1) is 0 Å². The van der Waals surface area contributed by atoms with E-state index in [-0.39, 0.29) is 0 Å². The van der Waals surface area contributed by atoms with Gasteiger partial charge in [0.15, 0.2) is 0 Å². The average Bonchev–Trinajstić information content (AvgIpc) is 2.07. The molecule has 3 heteroatoms. The molecule has 0 spiro atoms. The third-order valence-corrected chi connectivity index (χ3v) is 3.57. The molecule has 0 N–H and O–H groups in total. The van der Waals surface area contributed by atoms with Crippen LogP contribution < -0.4 is 0 Å². The number of hydrogen-bond acceptors (Lipinski definition) is 1. The van der Waals surface area contributed by atoms with Crippen molar-refractivity contribution in [2.24, 2.45) is 0 Å². The molecule has 1 saturated heterocycles. The summed E-state index contributed by atoms with van der Waals surface area (Å²) in [7, 11) is 2.33. The number of rotatable bonds is 3. The second-order valence-electron chi connectivity index (χ2n) is 3.94. The van der Waals surface area contributed by atoms with Gasteiger partial charge in [-0.05, 0) is 19.3 Å². The Bertz CT molecular complexity index is 130. The molecule has 0 bridgehead atoms. The largest absolute Gasteiger partial charge is 0.300 e. The summed E-state index contributed by atoms with van der Waals surface area (Å²) < 4.78 is 6.61. The smallest absolute Gasteiger partial charge is 0.203 e. The van der Waals surface area contributed by atoms with E-state index >= 15 is 0 Å². The molecule has 1 unspecified atom stereocenters. The second kappa shape index (κ2) is 4.77. The summed E-state index contributed by atoms with van der Waals surface area (Å²) in [6.07, 6.45) is 5.68. The Kier molecular flexibility index (Phi) is 4.26. The Hall–Kier alpha value is 0.650. The molecule has 0 aromatic heterocycles. The lowest BCUT2D eigenvalue weighted by Gasteiger charge is -2.42. The van der Waals surface area contributed by atoms with Crippen LogP contribution in [-0.2, 0) is 3.07 Å². The van der Waals surface area contributed by atoms with Gasteiger partial charge < -0.3 is 4.48 Å². The van der Waals surface area contributed by atoms with Gasteiger partial charge in [0.1, 0.15) is 23.0 Å². The van der Waals surface area contributed by atoms with Crippen LogP contribution in [-0.4, -0.2) is 30.8 Å². The minimum atomic E-state index is 0.408. The molecule has 1 atom stereocenters. The van der Waals surface area contributed by atoms with E-state index in [2.05, 4.69) is 14.0 Å². The van der Waals surface area contributed by atoms with Gasteiger partial charge >= 0.3 is 0 Å². The molecule has 1 aliphatic rings. The van der Waals surface area contributed by atoms with Gasteiger partial charge in [0.25, 0.3) is 0 Å². The quantitative estimate of drug-likeness (QED) is 0.572. The van der Waals surface area contributed by atoms with Crippen molar-refractivity contribution in [2.45, 2.75) is 38.8 Å². The molecule has 0 amide bonds. The van der Waals surface area contributed by atoms with E-state index in [9.17, 15) is 0 Å². The number of halogens is 1. The Morgan fingerprint density at radius 3 is 2.33 bits per heavy atom. The molecule has 0 aromatic rings. The SMILES string of the molecule is CCC(OI)[N+]1(C)CCCCC1. The predicted octanol–water partition coefficient (Wildman–Crippen LogP) is 2.72. The average molecular weight is 284 g/mol. The van der Waals surface area contributed by atoms with Gasteiger partial charge in [-0.1, -0.05) is 6.92 Å². The number of likely N-dealkylation sites (tertiary alicyclic amines) is 1. The van der Waals surface area contributed by atoms with Crippen molar-refractivity contribution in [2.75, 3.05) is 20.1 Å². The molecular formula is C9H19INO+. The van der Waals surface area contributed by atoms with Gasteiger partial charge in [-0.2, -0.15) is 0 Å². The lowest BCUT2D eigenvalue weighted by atomic mass is 10.1. The van der Waals surface area contributed by atoms with Crippen LogP contribution in [0.2, 0.25) is 0 Å². The minimum Gasteiger partial charge on any atom is -0.300 e. The fourth-order valence-electron chi connectivity index (χ4n) is 2.12. The van der Waals surface area contributed by atoms with Crippen molar-refractivity contribution < 1.29 is 7.55 Å². The lowest BCUT2D eigenvalue weighted by molar-refractivity contribution is -0.953. The van der Waals surface area contributed by atoms with Crippen LogP contribution in [0.3, 0.4) is 0 Å². The number of nitrogens with zero attached hydrogens (tertiary/aromatic N) is 1. The molecule has 2 nitrogen and oxygen atoms in total. The number of quaternary nitrogens is 1. The standard InChI is InChI=1S/C9H19INO/c1-3-9(12-10)11(2)7-5-4-6-8-11/h9H,3-8H2,1-2H3/q+1. The molecule has 1 fully saturated rings. The van der Waals surface area contributed by atoms with Crippen LogP contribution in [0.5, 0.6) is 0 Å². The first-order valence-electron chi connectivity index (χ1n) is 4.84. The van der Waals surface area contributed by atoms with Gasteiger partial charge in [-0.3, -0.25) is 3.07 Å². The van der Waals surface area contributed by atoms with Crippen molar-refractivity contribution in [3.05, 3.63) is 0 Å².